The fraction of sp³-hybridized carbons (Fsp3) is 0.933. The van der Waals surface area contributed by atoms with Crippen molar-refractivity contribution in [2.24, 2.45) is 0 Å². The Balaban J connectivity index is 2.67. The number of hydrogen-bond acceptors (Lipinski definition) is 5. The van der Waals surface area contributed by atoms with Crippen molar-refractivity contribution in [3.63, 3.8) is 0 Å². The Kier molecular flexibility index (Phi) is 6.43. The molecule has 1 fully saturated rings. The van der Waals surface area contributed by atoms with Gasteiger partial charge in [-0.2, -0.15) is 0 Å². The van der Waals surface area contributed by atoms with Gasteiger partial charge in [0, 0.05) is 32.3 Å². The fourth-order valence-electron chi connectivity index (χ4n) is 3.13. The van der Waals surface area contributed by atoms with Gasteiger partial charge in [0.15, 0.2) is 0 Å². The Hall–Kier alpha value is -0.650. The van der Waals surface area contributed by atoms with Crippen LogP contribution in [0.15, 0.2) is 0 Å². The van der Waals surface area contributed by atoms with Crippen LogP contribution in [0.25, 0.3) is 0 Å². The van der Waals surface area contributed by atoms with E-state index in [0.29, 0.717) is 12.1 Å². The number of methoxy groups -OCH3 is 2. The van der Waals surface area contributed by atoms with Crippen molar-refractivity contribution in [3.05, 3.63) is 0 Å². The Bertz CT molecular complexity index is 322. The maximum Gasteiger partial charge on any atom is 0.325 e. The minimum absolute atomic E-state index is 0.194. The predicted octanol–water partition coefficient (Wildman–Crippen LogP) is 1.42. The first kappa shape index (κ1) is 17.4. The third-order valence-electron chi connectivity index (χ3n) is 4.08. The van der Waals surface area contributed by atoms with E-state index in [2.05, 4.69) is 17.1 Å². The molecule has 1 N–H and O–H groups in total. The highest BCUT2D eigenvalue weighted by molar-refractivity contribution is 5.80. The second-order valence-corrected chi connectivity index (χ2v) is 6.32. The van der Waals surface area contributed by atoms with Crippen LogP contribution in [0.4, 0.5) is 0 Å². The molecule has 5 nitrogen and oxygen atoms in total. The predicted molar refractivity (Wildman–Crippen MR) is 79.8 cm³/mol. The SMILES string of the molecule is COC(=O)C(C)(CC(C)N1CCC(OC)C1)NC(C)C. The van der Waals surface area contributed by atoms with Gasteiger partial charge in [-0.3, -0.25) is 15.0 Å². The van der Waals surface area contributed by atoms with Gasteiger partial charge in [0.25, 0.3) is 0 Å². The van der Waals surface area contributed by atoms with Crippen LogP contribution < -0.4 is 5.32 Å². The highest BCUT2D eigenvalue weighted by atomic mass is 16.5. The molecule has 3 atom stereocenters. The molecule has 0 saturated carbocycles. The number of carbonyl (C=O) groups is 1. The third-order valence-corrected chi connectivity index (χ3v) is 4.08. The van der Waals surface area contributed by atoms with Crippen molar-refractivity contribution in [1.82, 2.24) is 10.2 Å². The molecule has 0 aromatic rings. The molecule has 5 heteroatoms. The molecule has 118 valence electrons. The van der Waals surface area contributed by atoms with E-state index in [9.17, 15) is 4.79 Å². The maximum atomic E-state index is 12.1. The molecule has 0 bridgehead atoms. The van der Waals surface area contributed by atoms with E-state index in [4.69, 9.17) is 9.47 Å². The van der Waals surface area contributed by atoms with Crippen molar-refractivity contribution >= 4 is 5.97 Å². The molecule has 3 unspecified atom stereocenters. The Morgan fingerprint density at radius 2 is 2.05 bits per heavy atom. The molecule has 0 amide bonds. The van der Waals surface area contributed by atoms with Crippen LogP contribution in [0.2, 0.25) is 0 Å². The van der Waals surface area contributed by atoms with Gasteiger partial charge in [-0.1, -0.05) is 0 Å². The molecule has 1 rings (SSSR count). The topological polar surface area (TPSA) is 50.8 Å². The summed E-state index contributed by atoms with van der Waals surface area (Å²) in [5.74, 6) is -0.194. The van der Waals surface area contributed by atoms with E-state index in [1.165, 1.54) is 7.11 Å². The molecular formula is C15H30N2O3. The zero-order chi connectivity index (χ0) is 15.3. The number of hydrogen-bond donors (Lipinski definition) is 1. The van der Waals surface area contributed by atoms with Gasteiger partial charge < -0.3 is 9.47 Å². The number of nitrogens with one attached hydrogen (secondary N) is 1. The smallest absolute Gasteiger partial charge is 0.325 e. The second-order valence-electron chi connectivity index (χ2n) is 6.32. The summed E-state index contributed by atoms with van der Waals surface area (Å²) in [4.78, 5) is 14.5. The van der Waals surface area contributed by atoms with Gasteiger partial charge in [0.05, 0.1) is 13.2 Å². The Morgan fingerprint density at radius 1 is 1.40 bits per heavy atom. The van der Waals surface area contributed by atoms with E-state index in [-0.39, 0.29) is 12.0 Å². The first-order valence-corrected chi connectivity index (χ1v) is 7.45. The average molecular weight is 286 g/mol. The van der Waals surface area contributed by atoms with Crippen molar-refractivity contribution < 1.29 is 14.3 Å². The number of ether oxygens (including phenoxy) is 2. The minimum Gasteiger partial charge on any atom is -0.468 e. The highest BCUT2D eigenvalue weighted by Gasteiger charge is 2.38. The van der Waals surface area contributed by atoms with Crippen molar-refractivity contribution in [2.45, 2.75) is 64.3 Å². The molecule has 1 heterocycles. The van der Waals surface area contributed by atoms with E-state index in [1.54, 1.807) is 7.11 Å². The van der Waals surface area contributed by atoms with Gasteiger partial charge in [0.2, 0.25) is 0 Å². The lowest BCUT2D eigenvalue weighted by molar-refractivity contribution is -0.149. The lowest BCUT2D eigenvalue weighted by Gasteiger charge is -2.35. The summed E-state index contributed by atoms with van der Waals surface area (Å²) in [6.45, 7) is 10.2. The maximum absolute atomic E-state index is 12.1. The van der Waals surface area contributed by atoms with Gasteiger partial charge >= 0.3 is 5.97 Å². The lowest BCUT2D eigenvalue weighted by Crippen LogP contribution is -2.56. The van der Waals surface area contributed by atoms with Crippen LogP contribution in [0, 0.1) is 0 Å². The number of nitrogens with zero attached hydrogens (tertiary/aromatic N) is 1. The Labute approximate surface area is 123 Å². The summed E-state index contributed by atoms with van der Waals surface area (Å²) in [5, 5.41) is 3.35. The summed E-state index contributed by atoms with van der Waals surface area (Å²) in [6.07, 6.45) is 2.11. The largest absolute Gasteiger partial charge is 0.468 e. The van der Waals surface area contributed by atoms with Gasteiger partial charge in [0.1, 0.15) is 5.54 Å². The monoisotopic (exact) mass is 286 g/mol. The van der Waals surface area contributed by atoms with Crippen molar-refractivity contribution in [1.29, 1.82) is 0 Å². The average Bonchev–Trinajstić information content (AvgIpc) is 2.85. The molecule has 1 saturated heterocycles. The van der Waals surface area contributed by atoms with Gasteiger partial charge in [-0.15, -0.1) is 0 Å². The van der Waals surface area contributed by atoms with Crippen LogP contribution in [0.3, 0.4) is 0 Å². The molecule has 0 aromatic heterocycles. The van der Waals surface area contributed by atoms with E-state index >= 15 is 0 Å². The van der Waals surface area contributed by atoms with Crippen LogP contribution in [0.1, 0.15) is 40.5 Å². The van der Waals surface area contributed by atoms with E-state index in [1.807, 2.05) is 20.8 Å². The number of likely N-dealkylation sites (tertiary alicyclic amines) is 1. The summed E-state index contributed by atoms with van der Waals surface area (Å²) in [7, 11) is 3.21. The van der Waals surface area contributed by atoms with Crippen LogP contribution in [-0.4, -0.2) is 61.9 Å². The summed E-state index contributed by atoms with van der Waals surface area (Å²) < 4.78 is 10.4. The van der Waals surface area contributed by atoms with E-state index < -0.39 is 5.54 Å². The highest BCUT2D eigenvalue weighted by Crippen LogP contribution is 2.23. The molecule has 0 spiro atoms. The molecule has 0 radical (unpaired) electrons. The van der Waals surface area contributed by atoms with Crippen LogP contribution >= 0.6 is 0 Å². The lowest BCUT2D eigenvalue weighted by atomic mass is 9.92. The van der Waals surface area contributed by atoms with E-state index in [0.717, 1.165) is 25.9 Å². The summed E-state index contributed by atoms with van der Waals surface area (Å²) >= 11 is 0. The molecule has 1 aliphatic rings. The first-order chi connectivity index (χ1) is 9.32. The number of carbonyl (C=O) groups excluding carboxylic acids is 1. The number of rotatable bonds is 7. The molecule has 20 heavy (non-hydrogen) atoms. The standard InChI is InChI=1S/C15H30N2O3/c1-11(2)16-15(4,14(18)20-6)9-12(3)17-8-7-13(10-17)19-5/h11-13,16H,7-10H2,1-6H3. The van der Waals surface area contributed by atoms with Crippen LogP contribution in [-0.2, 0) is 14.3 Å². The van der Waals surface area contributed by atoms with Crippen molar-refractivity contribution in [2.75, 3.05) is 27.3 Å². The zero-order valence-corrected chi connectivity index (χ0v) is 13.7. The Morgan fingerprint density at radius 3 is 2.50 bits per heavy atom. The summed E-state index contributed by atoms with van der Waals surface area (Å²) in [6, 6.07) is 0.544. The van der Waals surface area contributed by atoms with Gasteiger partial charge in [-0.25, -0.2) is 0 Å². The normalized spacial score (nSPS) is 24.6. The zero-order valence-electron chi connectivity index (χ0n) is 13.7. The molecule has 0 aliphatic carbocycles. The fourth-order valence-corrected chi connectivity index (χ4v) is 3.13. The molecule has 0 aromatic carbocycles. The first-order valence-electron chi connectivity index (χ1n) is 7.45. The number of esters is 1. The second kappa shape index (κ2) is 7.38. The summed E-state index contributed by atoms with van der Waals surface area (Å²) in [5.41, 5.74) is -0.645. The molecule has 1 aliphatic heterocycles. The van der Waals surface area contributed by atoms with Gasteiger partial charge in [-0.05, 0) is 40.5 Å². The third kappa shape index (κ3) is 4.43. The van der Waals surface area contributed by atoms with Crippen LogP contribution in [0.5, 0.6) is 0 Å². The molecular weight excluding hydrogens is 256 g/mol. The minimum atomic E-state index is -0.645. The quantitative estimate of drug-likeness (QED) is 0.717. The van der Waals surface area contributed by atoms with Crippen molar-refractivity contribution in [3.8, 4) is 0 Å².